The largest absolute Gasteiger partial charge is 0.455 e. The zero-order chi connectivity index (χ0) is 19.4. The molecule has 2 aromatic rings. The predicted octanol–water partition coefficient (Wildman–Crippen LogP) is 2.92. The Labute approximate surface area is 160 Å². The van der Waals surface area contributed by atoms with Crippen molar-refractivity contribution in [2.24, 2.45) is 0 Å². The number of amides is 1. The first-order valence-electron chi connectivity index (χ1n) is 9.37. The summed E-state index contributed by atoms with van der Waals surface area (Å²) in [7, 11) is 2.13. The second-order valence-electron chi connectivity index (χ2n) is 7.99. The van der Waals surface area contributed by atoms with E-state index in [1.807, 2.05) is 19.9 Å². The van der Waals surface area contributed by atoms with E-state index in [0.717, 1.165) is 44.0 Å². The lowest BCUT2D eigenvalue weighted by molar-refractivity contribution is 0.0877. The van der Waals surface area contributed by atoms with Crippen LogP contribution in [0.1, 0.15) is 35.7 Å². The first kappa shape index (κ1) is 19.6. The Morgan fingerprint density at radius 1 is 1.11 bits per heavy atom. The fourth-order valence-electron chi connectivity index (χ4n) is 3.34. The van der Waals surface area contributed by atoms with E-state index in [9.17, 15) is 9.18 Å². The van der Waals surface area contributed by atoms with Gasteiger partial charge in [0.05, 0.1) is 6.54 Å². The summed E-state index contributed by atoms with van der Waals surface area (Å²) in [5, 5.41) is 3.01. The molecule has 0 spiro atoms. The normalized spacial score (nSPS) is 16.4. The molecule has 2 heterocycles. The molecule has 0 aliphatic carbocycles. The summed E-state index contributed by atoms with van der Waals surface area (Å²) in [6.07, 6.45) is 0.605. The highest BCUT2D eigenvalue weighted by molar-refractivity contribution is 5.92. The molecule has 6 heteroatoms. The van der Waals surface area contributed by atoms with Crippen LogP contribution in [0.2, 0.25) is 0 Å². The predicted molar refractivity (Wildman–Crippen MR) is 103 cm³/mol. The van der Waals surface area contributed by atoms with Gasteiger partial charge in [0.1, 0.15) is 11.6 Å². The zero-order valence-electron chi connectivity index (χ0n) is 16.3. The molecule has 27 heavy (non-hydrogen) atoms. The van der Waals surface area contributed by atoms with Gasteiger partial charge in [-0.25, -0.2) is 4.39 Å². The molecule has 1 amide bonds. The molecule has 1 fully saturated rings. The number of likely N-dealkylation sites (N-methyl/N-ethyl adjacent to an activating group) is 1. The summed E-state index contributed by atoms with van der Waals surface area (Å²) in [5.74, 6) is 0.642. The third kappa shape index (κ3) is 5.65. The molecule has 1 saturated heterocycles. The monoisotopic (exact) mass is 373 g/mol. The minimum atomic E-state index is -0.473. The van der Waals surface area contributed by atoms with Crippen LogP contribution in [-0.2, 0) is 13.0 Å². The van der Waals surface area contributed by atoms with Crippen molar-refractivity contribution in [3.8, 4) is 0 Å². The van der Waals surface area contributed by atoms with E-state index in [-0.39, 0.29) is 11.7 Å². The molecule has 1 N–H and O–H groups in total. The summed E-state index contributed by atoms with van der Waals surface area (Å²) in [4.78, 5) is 17.2. The van der Waals surface area contributed by atoms with Crippen LogP contribution in [0.25, 0.3) is 0 Å². The molecule has 1 aliphatic rings. The number of hydrogen-bond acceptors (Lipinski definition) is 4. The molecule has 0 saturated carbocycles. The molecule has 5 nitrogen and oxygen atoms in total. The maximum atomic E-state index is 13.1. The van der Waals surface area contributed by atoms with Gasteiger partial charge in [-0.15, -0.1) is 0 Å². The highest BCUT2D eigenvalue weighted by Crippen LogP contribution is 2.16. The quantitative estimate of drug-likeness (QED) is 0.846. The molecule has 3 rings (SSSR count). The zero-order valence-corrected chi connectivity index (χ0v) is 16.3. The van der Waals surface area contributed by atoms with Crippen LogP contribution in [0.3, 0.4) is 0 Å². The van der Waals surface area contributed by atoms with Crippen LogP contribution in [0, 0.1) is 5.82 Å². The Bertz CT molecular complexity index is 762. The van der Waals surface area contributed by atoms with E-state index in [0.29, 0.717) is 12.2 Å². The van der Waals surface area contributed by atoms with Crippen LogP contribution < -0.4 is 5.32 Å². The molecule has 1 aliphatic heterocycles. The van der Waals surface area contributed by atoms with Crippen molar-refractivity contribution in [2.75, 3.05) is 33.2 Å². The summed E-state index contributed by atoms with van der Waals surface area (Å²) in [6, 6.07) is 9.96. The third-order valence-electron chi connectivity index (χ3n) is 4.87. The van der Waals surface area contributed by atoms with Gasteiger partial charge in [0, 0.05) is 31.7 Å². The Hall–Kier alpha value is -2.18. The van der Waals surface area contributed by atoms with Crippen molar-refractivity contribution in [3.63, 3.8) is 0 Å². The lowest BCUT2D eigenvalue weighted by atomic mass is 9.95. The Kier molecular flexibility index (Phi) is 5.97. The lowest BCUT2D eigenvalue weighted by Crippen LogP contribution is -2.45. The Morgan fingerprint density at radius 2 is 1.78 bits per heavy atom. The van der Waals surface area contributed by atoms with E-state index >= 15 is 0 Å². The fraction of sp³-hybridized carbons (Fsp3) is 0.476. The second kappa shape index (κ2) is 8.23. The van der Waals surface area contributed by atoms with Crippen molar-refractivity contribution in [1.29, 1.82) is 0 Å². The van der Waals surface area contributed by atoms with E-state index in [4.69, 9.17) is 4.42 Å². The van der Waals surface area contributed by atoms with Crippen molar-refractivity contribution < 1.29 is 13.6 Å². The van der Waals surface area contributed by atoms with E-state index < -0.39 is 5.54 Å². The standard InChI is InChI=1S/C21H28FN3O2/c1-21(2,14-16-4-6-17(22)7-5-16)23-20(26)19-9-8-18(27-19)15-25-12-10-24(3)11-13-25/h4-9H,10-15H2,1-3H3,(H,23,26). The molecule has 0 radical (unpaired) electrons. The van der Waals surface area contributed by atoms with Crippen molar-refractivity contribution >= 4 is 5.91 Å². The van der Waals surface area contributed by atoms with Crippen LogP contribution in [-0.4, -0.2) is 54.5 Å². The number of piperazine rings is 1. The number of furan rings is 1. The van der Waals surface area contributed by atoms with E-state index in [1.165, 1.54) is 12.1 Å². The number of benzene rings is 1. The van der Waals surface area contributed by atoms with Gasteiger partial charge in [-0.05, 0) is 57.1 Å². The van der Waals surface area contributed by atoms with Crippen LogP contribution in [0.4, 0.5) is 4.39 Å². The number of halogens is 1. The first-order chi connectivity index (χ1) is 12.8. The summed E-state index contributed by atoms with van der Waals surface area (Å²) in [6.45, 7) is 8.72. The summed E-state index contributed by atoms with van der Waals surface area (Å²) < 4.78 is 18.8. The van der Waals surface area contributed by atoms with Gasteiger partial charge in [-0.3, -0.25) is 9.69 Å². The summed E-state index contributed by atoms with van der Waals surface area (Å²) in [5.41, 5.74) is 0.496. The Balaban J connectivity index is 1.55. The highest BCUT2D eigenvalue weighted by atomic mass is 19.1. The van der Waals surface area contributed by atoms with Gasteiger partial charge in [0.2, 0.25) is 0 Å². The maximum Gasteiger partial charge on any atom is 0.287 e. The third-order valence-corrected chi connectivity index (χ3v) is 4.87. The lowest BCUT2D eigenvalue weighted by Gasteiger charge is -2.31. The summed E-state index contributed by atoms with van der Waals surface area (Å²) >= 11 is 0. The van der Waals surface area contributed by atoms with Gasteiger partial charge in [0.15, 0.2) is 5.76 Å². The molecule has 0 atom stereocenters. The smallest absolute Gasteiger partial charge is 0.287 e. The molecule has 146 valence electrons. The van der Waals surface area contributed by atoms with Gasteiger partial charge in [0.25, 0.3) is 5.91 Å². The van der Waals surface area contributed by atoms with Crippen LogP contribution in [0.5, 0.6) is 0 Å². The number of hydrogen-bond donors (Lipinski definition) is 1. The molecule has 1 aromatic carbocycles. The first-order valence-corrected chi connectivity index (χ1v) is 9.37. The van der Waals surface area contributed by atoms with E-state index in [2.05, 4.69) is 22.2 Å². The van der Waals surface area contributed by atoms with Gasteiger partial charge >= 0.3 is 0 Å². The number of carbonyl (C=O) groups is 1. The second-order valence-corrected chi connectivity index (χ2v) is 7.99. The molecular formula is C21H28FN3O2. The van der Waals surface area contributed by atoms with Gasteiger partial charge in [-0.1, -0.05) is 12.1 Å². The SMILES string of the molecule is CN1CCN(Cc2ccc(C(=O)NC(C)(C)Cc3ccc(F)cc3)o2)CC1. The average molecular weight is 373 g/mol. The highest BCUT2D eigenvalue weighted by Gasteiger charge is 2.24. The molecular weight excluding hydrogens is 345 g/mol. The van der Waals surface area contributed by atoms with Crippen LogP contribution >= 0.6 is 0 Å². The topological polar surface area (TPSA) is 48.7 Å². The minimum Gasteiger partial charge on any atom is -0.455 e. The van der Waals surface area contributed by atoms with Crippen molar-refractivity contribution in [3.05, 3.63) is 59.3 Å². The number of nitrogens with zero attached hydrogens (tertiary/aromatic N) is 2. The van der Waals surface area contributed by atoms with Gasteiger partial charge < -0.3 is 14.6 Å². The Morgan fingerprint density at radius 3 is 2.44 bits per heavy atom. The number of rotatable bonds is 6. The van der Waals surface area contributed by atoms with Crippen molar-refractivity contribution in [2.45, 2.75) is 32.4 Å². The number of carbonyl (C=O) groups excluding carboxylic acids is 1. The van der Waals surface area contributed by atoms with Crippen molar-refractivity contribution in [1.82, 2.24) is 15.1 Å². The molecule has 1 aromatic heterocycles. The fourth-order valence-corrected chi connectivity index (χ4v) is 3.34. The maximum absolute atomic E-state index is 13.1. The molecule has 0 bridgehead atoms. The molecule has 0 unspecified atom stereocenters. The number of nitrogens with one attached hydrogen (secondary N) is 1. The van der Waals surface area contributed by atoms with E-state index in [1.54, 1.807) is 18.2 Å². The van der Waals surface area contributed by atoms with Crippen LogP contribution in [0.15, 0.2) is 40.8 Å². The average Bonchev–Trinajstić information content (AvgIpc) is 3.07. The van der Waals surface area contributed by atoms with Gasteiger partial charge in [-0.2, -0.15) is 0 Å². The minimum absolute atomic E-state index is 0.230.